The van der Waals surface area contributed by atoms with Gasteiger partial charge in [-0.15, -0.1) is 0 Å². The van der Waals surface area contributed by atoms with Gasteiger partial charge in [0.25, 0.3) is 10.1 Å². The number of carbonyl (C=O) groups excluding carboxylic acids is 2. The van der Waals surface area contributed by atoms with Crippen LogP contribution in [0.3, 0.4) is 0 Å². The summed E-state index contributed by atoms with van der Waals surface area (Å²) in [5.41, 5.74) is 10.7. The lowest BCUT2D eigenvalue weighted by molar-refractivity contribution is 0.0980. The Labute approximate surface area is 184 Å². The predicted octanol–water partition coefficient (Wildman–Crippen LogP) is 2.20. The summed E-state index contributed by atoms with van der Waals surface area (Å²) in [4.78, 5) is 25.5. The van der Waals surface area contributed by atoms with E-state index in [1.807, 2.05) is 0 Å². The van der Waals surface area contributed by atoms with Crippen molar-refractivity contribution in [2.75, 3.05) is 16.8 Å². The van der Waals surface area contributed by atoms with Gasteiger partial charge in [-0.2, -0.15) is 8.42 Å². The highest BCUT2D eigenvalue weighted by atomic mass is 32.2. The standard InChI is InChI=1S/C20H15N3O7S2/c21-12-6-5-9(7-14(12)31(26)27)23-13-8-15(32(28,29)30)18(22)17-16(13)19(24)10-3-1-2-4-11(10)20(17)25/h1-8,23H,21-22H2,(H,26,27)(H,28,29,30). The van der Waals surface area contributed by atoms with E-state index in [-0.39, 0.29) is 44.2 Å². The number of anilines is 4. The van der Waals surface area contributed by atoms with E-state index in [1.165, 1.54) is 30.3 Å². The van der Waals surface area contributed by atoms with E-state index in [4.69, 9.17) is 11.5 Å². The average molecular weight is 473 g/mol. The number of ketones is 2. The summed E-state index contributed by atoms with van der Waals surface area (Å²) in [5.74, 6) is -1.27. The van der Waals surface area contributed by atoms with Gasteiger partial charge >= 0.3 is 0 Å². The number of nitrogen functional groups attached to an aromatic ring is 2. The number of benzene rings is 3. The summed E-state index contributed by atoms with van der Waals surface area (Å²) in [6, 6.07) is 10.9. The largest absolute Gasteiger partial charge is 0.398 e. The highest BCUT2D eigenvalue weighted by Gasteiger charge is 2.36. The fraction of sp³-hybridized carbons (Fsp3) is 0. The normalized spacial score (nSPS) is 13.9. The lowest BCUT2D eigenvalue weighted by atomic mass is 9.82. The van der Waals surface area contributed by atoms with E-state index < -0.39 is 43.3 Å². The number of carbonyl (C=O) groups is 2. The fourth-order valence-electron chi connectivity index (χ4n) is 3.52. The van der Waals surface area contributed by atoms with Gasteiger partial charge in [0.05, 0.1) is 33.1 Å². The molecule has 0 amide bonds. The van der Waals surface area contributed by atoms with Crippen LogP contribution in [0, 0.1) is 0 Å². The third-order valence-electron chi connectivity index (χ3n) is 4.96. The van der Waals surface area contributed by atoms with Crippen LogP contribution in [0.5, 0.6) is 0 Å². The molecular weight excluding hydrogens is 458 g/mol. The summed E-state index contributed by atoms with van der Waals surface area (Å²) in [6.07, 6.45) is 0. The molecule has 1 unspecified atom stereocenters. The maximum atomic E-state index is 13.2. The Morgan fingerprint density at radius 3 is 2.06 bits per heavy atom. The molecule has 32 heavy (non-hydrogen) atoms. The van der Waals surface area contributed by atoms with Crippen LogP contribution < -0.4 is 16.8 Å². The minimum absolute atomic E-state index is 0.0366. The second kappa shape index (κ2) is 7.53. The summed E-state index contributed by atoms with van der Waals surface area (Å²) < 4.78 is 54.4. The Hall–Kier alpha value is -3.58. The average Bonchev–Trinajstić information content (AvgIpc) is 2.73. The first-order chi connectivity index (χ1) is 15.0. The van der Waals surface area contributed by atoms with Crippen LogP contribution in [0.4, 0.5) is 22.7 Å². The number of hydrogen-bond acceptors (Lipinski definition) is 8. The highest BCUT2D eigenvalue weighted by molar-refractivity contribution is 7.86. The summed E-state index contributed by atoms with van der Waals surface area (Å²) in [6.45, 7) is 0. The minimum Gasteiger partial charge on any atom is -0.398 e. The molecule has 0 bridgehead atoms. The molecular formula is C20H15N3O7S2. The van der Waals surface area contributed by atoms with Crippen LogP contribution >= 0.6 is 0 Å². The zero-order valence-electron chi connectivity index (χ0n) is 16.0. The molecule has 0 fully saturated rings. The van der Waals surface area contributed by atoms with E-state index in [0.29, 0.717) is 0 Å². The molecule has 0 spiro atoms. The van der Waals surface area contributed by atoms with Gasteiger partial charge in [-0.05, 0) is 24.3 Å². The van der Waals surface area contributed by atoms with Crippen LogP contribution in [0.25, 0.3) is 0 Å². The van der Waals surface area contributed by atoms with E-state index >= 15 is 0 Å². The van der Waals surface area contributed by atoms with Crippen molar-refractivity contribution >= 4 is 55.5 Å². The number of hydrogen-bond donors (Lipinski definition) is 5. The molecule has 0 aromatic heterocycles. The second-order valence-corrected chi connectivity index (χ2v) is 9.22. The van der Waals surface area contributed by atoms with Crippen LogP contribution in [-0.4, -0.2) is 33.3 Å². The number of fused-ring (bicyclic) bond motifs is 2. The molecule has 3 aromatic rings. The van der Waals surface area contributed by atoms with Gasteiger partial charge in [0.2, 0.25) is 0 Å². The van der Waals surface area contributed by atoms with Crippen molar-refractivity contribution in [3.63, 3.8) is 0 Å². The Bertz CT molecular complexity index is 1470. The van der Waals surface area contributed by atoms with Crippen molar-refractivity contribution in [1.29, 1.82) is 0 Å². The first-order valence-electron chi connectivity index (χ1n) is 8.90. The Balaban J connectivity index is 2.00. The molecule has 7 N–H and O–H groups in total. The van der Waals surface area contributed by atoms with Gasteiger partial charge in [0, 0.05) is 16.8 Å². The van der Waals surface area contributed by atoms with Gasteiger partial charge in [0.1, 0.15) is 4.90 Å². The summed E-state index contributed by atoms with van der Waals surface area (Å²) in [5, 5.41) is 2.77. The topological polar surface area (TPSA) is 190 Å². The monoisotopic (exact) mass is 473 g/mol. The third kappa shape index (κ3) is 3.44. The Morgan fingerprint density at radius 2 is 1.50 bits per heavy atom. The minimum atomic E-state index is -4.87. The fourth-order valence-corrected chi connectivity index (χ4v) is 4.67. The van der Waals surface area contributed by atoms with Gasteiger partial charge in [-0.3, -0.25) is 14.1 Å². The molecule has 10 nitrogen and oxygen atoms in total. The van der Waals surface area contributed by atoms with E-state index in [1.54, 1.807) is 12.1 Å². The number of rotatable bonds is 4. The highest BCUT2D eigenvalue weighted by Crippen LogP contribution is 2.40. The number of nitrogens with two attached hydrogens (primary N) is 2. The van der Waals surface area contributed by atoms with Crippen molar-refractivity contribution < 1.29 is 31.3 Å². The maximum Gasteiger partial charge on any atom is 0.296 e. The first-order valence-corrected chi connectivity index (χ1v) is 11.4. The van der Waals surface area contributed by atoms with Crippen molar-refractivity contribution in [3.05, 3.63) is 70.8 Å². The lowest BCUT2D eigenvalue weighted by Crippen LogP contribution is -2.25. The molecule has 0 saturated heterocycles. The lowest BCUT2D eigenvalue weighted by Gasteiger charge is -2.23. The molecule has 1 aliphatic rings. The van der Waals surface area contributed by atoms with Gasteiger partial charge in [-0.25, -0.2) is 4.21 Å². The molecule has 0 radical (unpaired) electrons. The van der Waals surface area contributed by atoms with E-state index in [2.05, 4.69) is 5.32 Å². The van der Waals surface area contributed by atoms with Crippen molar-refractivity contribution in [2.45, 2.75) is 9.79 Å². The van der Waals surface area contributed by atoms with Gasteiger partial charge in [-0.1, -0.05) is 24.3 Å². The molecule has 0 saturated carbocycles. The maximum absolute atomic E-state index is 13.2. The SMILES string of the molecule is Nc1ccc(Nc2cc(S(=O)(=O)O)c(N)c3c2C(=O)c2ccccc2C3=O)cc1S(=O)O. The zero-order chi connectivity index (χ0) is 23.4. The molecule has 1 atom stereocenters. The van der Waals surface area contributed by atoms with E-state index in [0.717, 1.165) is 6.07 Å². The molecule has 12 heteroatoms. The van der Waals surface area contributed by atoms with Crippen molar-refractivity contribution in [2.24, 2.45) is 0 Å². The molecule has 1 aliphatic carbocycles. The van der Waals surface area contributed by atoms with Crippen LogP contribution in [-0.2, 0) is 21.2 Å². The van der Waals surface area contributed by atoms with Crippen molar-refractivity contribution in [3.8, 4) is 0 Å². The van der Waals surface area contributed by atoms with Crippen LogP contribution in [0.1, 0.15) is 31.8 Å². The third-order valence-corrected chi connectivity index (χ3v) is 6.58. The van der Waals surface area contributed by atoms with Crippen LogP contribution in [0.15, 0.2) is 58.3 Å². The predicted molar refractivity (Wildman–Crippen MR) is 117 cm³/mol. The smallest absolute Gasteiger partial charge is 0.296 e. The van der Waals surface area contributed by atoms with Gasteiger partial charge in [0.15, 0.2) is 22.6 Å². The van der Waals surface area contributed by atoms with Gasteiger partial charge < -0.3 is 21.3 Å². The number of nitrogens with one attached hydrogen (secondary N) is 1. The van der Waals surface area contributed by atoms with Crippen LogP contribution in [0.2, 0.25) is 0 Å². The first kappa shape index (κ1) is 21.6. The molecule has 3 aromatic carbocycles. The Morgan fingerprint density at radius 1 is 0.906 bits per heavy atom. The summed E-state index contributed by atoms with van der Waals surface area (Å²) >= 11 is -2.42. The molecule has 0 heterocycles. The van der Waals surface area contributed by atoms with Crippen molar-refractivity contribution in [1.82, 2.24) is 0 Å². The van der Waals surface area contributed by atoms with E-state index in [9.17, 15) is 31.3 Å². The Kier molecular flexibility index (Phi) is 5.09. The second-order valence-electron chi connectivity index (χ2n) is 6.89. The quantitative estimate of drug-likeness (QED) is 0.167. The summed E-state index contributed by atoms with van der Waals surface area (Å²) in [7, 11) is -4.87. The molecule has 4 rings (SSSR count). The molecule has 164 valence electrons. The molecule has 0 aliphatic heterocycles. The zero-order valence-corrected chi connectivity index (χ0v) is 17.7.